The van der Waals surface area contributed by atoms with Crippen molar-refractivity contribution in [2.24, 2.45) is 0 Å². The minimum absolute atomic E-state index is 0.399. The highest BCUT2D eigenvalue weighted by Crippen LogP contribution is 2.29. The molecular weight excluding hydrogens is 256 g/mol. The molecule has 106 valence electrons. The molecule has 0 unspecified atom stereocenters. The van der Waals surface area contributed by atoms with Gasteiger partial charge in [-0.2, -0.15) is 0 Å². The highest BCUT2D eigenvalue weighted by Gasteiger charge is 2.19. The first kappa shape index (κ1) is 13.0. The molecule has 0 saturated carbocycles. The predicted octanol–water partition coefficient (Wildman–Crippen LogP) is 2.36. The molecule has 5 nitrogen and oxygen atoms in total. The number of hydrogen-bond donors (Lipinski definition) is 1. The topological polar surface area (TPSA) is 66.5 Å². The molecule has 1 aliphatic rings. The zero-order valence-electron chi connectivity index (χ0n) is 11.5. The number of anilines is 1. The number of fused-ring (bicyclic) bond motifs is 1. The average Bonchev–Trinajstić information content (AvgIpc) is 2.89. The van der Waals surface area contributed by atoms with Gasteiger partial charge in [0.05, 0.1) is 12.7 Å². The van der Waals surface area contributed by atoms with Gasteiger partial charge in [-0.3, -0.25) is 0 Å². The highest BCUT2D eigenvalue weighted by atomic mass is 16.5. The normalized spacial score (nSPS) is 16.4. The van der Waals surface area contributed by atoms with Gasteiger partial charge in [0.25, 0.3) is 0 Å². The summed E-state index contributed by atoms with van der Waals surface area (Å²) in [5, 5.41) is 1.04. The Kier molecular flexibility index (Phi) is 3.36. The molecule has 1 saturated heterocycles. The van der Waals surface area contributed by atoms with Gasteiger partial charge in [0.15, 0.2) is 0 Å². The summed E-state index contributed by atoms with van der Waals surface area (Å²) in [6, 6.07) is 6.10. The largest absolute Gasteiger partial charge is 0.465 e. The van der Waals surface area contributed by atoms with Gasteiger partial charge < -0.3 is 19.8 Å². The van der Waals surface area contributed by atoms with E-state index in [1.807, 2.05) is 18.2 Å². The molecule has 0 atom stereocenters. The third kappa shape index (κ3) is 2.14. The molecule has 1 aliphatic heterocycles. The number of esters is 1. The predicted molar refractivity (Wildman–Crippen MR) is 76.8 cm³/mol. The number of aromatic nitrogens is 1. The second kappa shape index (κ2) is 5.17. The van der Waals surface area contributed by atoms with E-state index in [0.29, 0.717) is 17.3 Å². The van der Waals surface area contributed by atoms with Crippen molar-refractivity contribution < 1.29 is 14.3 Å². The SMILES string of the molecule is COC(=O)c1cc2c(ccn2C2CCOCC2)cc1N. The van der Waals surface area contributed by atoms with Crippen LogP contribution in [0.5, 0.6) is 0 Å². The third-order valence-electron chi connectivity index (χ3n) is 3.88. The Morgan fingerprint density at radius 1 is 1.40 bits per heavy atom. The lowest BCUT2D eigenvalue weighted by Crippen LogP contribution is -2.19. The summed E-state index contributed by atoms with van der Waals surface area (Å²) >= 11 is 0. The summed E-state index contributed by atoms with van der Waals surface area (Å²) in [4.78, 5) is 11.8. The number of nitrogens with zero attached hydrogens (tertiary/aromatic N) is 1. The Labute approximate surface area is 117 Å². The summed E-state index contributed by atoms with van der Waals surface area (Å²) < 4.78 is 12.4. The van der Waals surface area contributed by atoms with Crippen molar-refractivity contribution in [1.82, 2.24) is 4.57 Å². The molecule has 1 fully saturated rings. The van der Waals surface area contributed by atoms with Crippen LogP contribution < -0.4 is 5.73 Å². The summed E-state index contributed by atoms with van der Waals surface area (Å²) in [5.41, 5.74) is 7.82. The van der Waals surface area contributed by atoms with Crippen LogP contribution in [0.3, 0.4) is 0 Å². The van der Waals surface area contributed by atoms with E-state index < -0.39 is 5.97 Å². The van der Waals surface area contributed by atoms with Gasteiger partial charge >= 0.3 is 5.97 Å². The van der Waals surface area contributed by atoms with Crippen molar-refractivity contribution in [3.8, 4) is 0 Å². The molecule has 20 heavy (non-hydrogen) atoms. The van der Waals surface area contributed by atoms with E-state index in [1.54, 1.807) is 0 Å². The first-order valence-corrected chi connectivity index (χ1v) is 6.77. The third-order valence-corrected chi connectivity index (χ3v) is 3.88. The van der Waals surface area contributed by atoms with Crippen molar-refractivity contribution in [2.45, 2.75) is 18.9 Å². The molecule has 3 rings (SSSR count). The molecule has 0 radical (unpaired) electrons. The van der Waals surface area contributed by atoms with Crippen molar-refractivity contribution in [1.29, 1.82) is 0 Å². The summed E-state index contributed by atoms with van der Waals surface area (Å²) in [5.74, 6) is -0.399. The Hall–Kier alpha value is -2.01. The van der Waals surface area contributed by atoms with E-state index in [0.717, 1.165) is 37.0 Å². The summed E-state index contributed by atoms with van der Waals surface area (Å²) in [6.45, 7) is 1.56. The van der Waals surface area contributed by atoms with Gasteiger partial charge in [0, 0.05) is 42.0 Å². The number of hydrogen-bond acceptors (Lipinski definition) is 4. The smallest absolute Gasteiger partial charge is 0.340 e. The Bertz CT molecular complexity index is 642. The Morgan fingerprint density at radius 2 is 2.15 bits per heavy atom. The number of nitrogens with two attached hydrogens (primary N) is 1. The molecule has 2 aromatic rings. The van der Waals surface area contributed by atoms with Gasteiger partial charge in [-0.15, -0.1) is 0 Å². The van der Waals surface area contributed by atoms with E-state index >= 15 is 0 Å². The van der Waals surface area contributed by atoms with Crippen LogP contribution in [-0.2, 0) is 9.47 Å². The molecule has 0 amide bonds. The second-order valence-electron chi connectivity index (χ2n) is 5.06. The molecular formula is C15H18N2O3. The van der Waals surface area contributed by atoms with E-state index in [2.05, 4.69) is 10.8 Å². The fourth-order valence-corrected chi connectivity index (χ4v) is 2.79. The van der Waals surface area contributed by atoms with E-state index in [-0.39, 0.29) is 0 Å². The maximum atomic E-state index is 11.8. The number of methoxy groups -OCH3 is 1. The van der Waals surface area contributed by atoms with Gasteiger partial charge in [-0.05, 0) is 31.0 Å². The zero-order chi connectivity index (χ0) is 14.1. The van der Waals surface area contributed by atoms with Crippen LogP contribution in [0.15, 0.2) is 24.4 Å². The molecule has 1 aromatic heterocycles. The van der Waals surface area contributed by atoms with Crippen LogP contribution in [0.1, 0.15) is 29.2 Å². The number of benzene rings is 1. The minimum Gasteiger partial charge on any atom is -0.465 e. The fourth-order valence-electron chi connectivity index (χ4n) is 2.79. The Morgan fingerprint density at radius 3 is 2.85 bits per heavy atom. The first-order chi connectivity index (χ1) is 9.70. The number of rotatable bonds is 2. The lowest BCUT2D eigenvalue weighted by atomic mass is 10.1. The maximum Gasteiger partial charge on any atom is 0.340 e. The van der Waals surface area contributed by atoms with Crippen LogP contribution in [0.25, 0.3) is 10.9 Å². The van der Waals surface area contributed by atoms with Crippen molar-refractivity contribution in [3.05, 3.63) is 30.0 Å². The number of carbonyl (C=O) groups is 1. The summed E-state index contributed by atoms with van der Waals surface area (Å²) in [7, 11) is 1.36. The van der Waals surface area contributed by atoms with Gasteiger partial charge in [-0.1, -0.05) is 0 Å². The Balaban J connectivity index is 2.08. The molecule has 2 N–H and O–H groups in total. The van der Waals surface area contributed by atoms with Crippen LogP contribution in [0, 0.1) is 0 Å². The monoisotopic (exact) mass is 274 g/mol. The molecule has 0 bridgehead atoms. The average molecular weight is 274 g/mol. The fraction of sp³-hybridized carbons (Fsp3) is 0.400. The van der Waals surface area contributed by atoms with E-state index in [9.17, 15) is 4.79 Å². The number of nitrogen functional groups attached to an aromatic ring is 1. The number of carbonyl (C=O) groups excluding carboxylic acids is 1. The summed E-state index contributed by atoms with van der Waals surface area (Å²) in [6.07, 6.45) is 4.03. The van der Waals surface area contributed by atoms with Crippen molar-refractivity contribution in [2.75, 3.05) is 26.1 Å². The second-order valence-corrected chi connectivity index (χ2v) is 5.06. The van der Waals surface area contributed by atoms with E-state index in [4.69, 9.17) is 15.2 Å². The molecule has 2 heterocycles. The van der Waals surface area contributed by atoms with Crippen LogP contribution >= 0.6 is 0 Å². The van der Waals surface area contributed by atoms with E-state index in [1.165, 1.54) is 7.11 Å². The van der Waals surface area contributed by atoms with Crippen molar-refractivity contribution in [3.63, 3.8) is 0 Å². The minimum atomic E-state index is -0.399. The molecule has 0 aliphatic carbocycles. The maximum absolute atomic E-state index is 11.8. The molecule has 5 heteroatoms. The first-order valence-electron chi connectivity index (χ1n) is 6.77. The highest BCUT2D eigenvalue weighted by molar-refractivity contribution is 6.00. The standard InChI is InChI=1S/C15H18N2O3/c1-19-15(18)12-9-14-10(8-13(12)16)2-5-17(14)11-3-6-20-7-4-11/h2,5,8-9,11H,3-4,6-7,16H2,1H3. The van der Waals surface area contributed by atoms with Crippen molar-refractivity contribution >= 4 is 22.6 Å². The van der Waals surface area contributed by atoms with Crippen LogP contribution in [-0.4, -0.2) is 30.9 Å². The van der Waals surface area contributed by atoms with Crippen LogP contribution in [0.4, 0.5) is 5.69 Å². The van der Waals surface area contributed by atoms with Gasteiger partial charge in [-0.25, -0.2) is 4.79 Å². The lowest BCUT2D eigenvalue weighted by molar-refractivity contribution is 0.0601. The zero-order valence-corrected chi connectivity index (χ0v) is 11.5. The van der Waals surface area contributed by atoms with Crippen LogP contribution in [0.2, 0.25) is 0 Å². The number of ether oxygens (including phenoxy) is 2. The quantitative estimate of drug-likeness (QED) is 0.674. The lowest BCUT2D eigenvalue weighted by Gasteiger charge is -2.24. The molecule has 1 aromatic carbocycles. The van der Waals surface area contributed by atoms with Gasteiger partial charge in [0.1, 0.15) is 0 Å². The molecule has 0 spiro atoms. The van der Waals surface area contributed by atoms with Gasteiger partial charge in [0.2, 0.25) is 0 Å².